The zero-order valence-electron chi connectivity index (χ0n) is 8.42. The fraction of sp³-hybridized carbons (Fsp3) is 0.600. The van der Waals surface area contributed by atoms with Gasteiger partial charge in [0.25, 0.3) is 0 Å². The number of aryl methyl sites for hydroxylation is 1. The van der Waals surface area contributed by atoms with Crippen molar-refractivity contribution >= 4 is 17.2 Å². The molecule has 1 saturated heterocycles. The molecule has 1 aromatic heterocycles. The van der Waals surface area contributed by atoms with Gasteiger partial charge in [-0.25, -0.2) is 4.98 Å². The lowest BCUT2D eigenvalue weighted by Gasteiger charge is -2.28. The molecule has 0 spiro atoms. The summed E-state index contributed by atoms with van der Waals surface area (Å²) in [6.45, 7) is 3.96. The van der Waals surface area contributed by atoms with Crippen molar-refractivity contribution in [3.63, 3.8) is 0 Å². The summed E-state index contributed by atoms with van der Waals surface area (Å²) in [6.07, 6.45) is 3.34. The Kier molecular flexibility index (Phi) is 2.82. The molecule has 0 aromatic carbocycles. The van der Waals surface area contributed by atoms with Crippen LogP contribution in [0.4, 0.5) is 0 Å². The Morgan fingerprint density at radius 1 is 1.57 bits per heavy atom. The highest BCUT2D eigenvalue weighted by atomic mass is 32.1. The van der Waals surface area contributed by atoms with Crippen molar-refractivity contribution in [1.82, 2.24) is 9.88 Å². The lowest BCUT2D eigenvalue weighted by atomic mass is 10.1. The molecule has 3 nitrogen and oxygen atoms in total. The number of amidine groups is 1. The van der Waals surface area contributed by atoms with Crippen LogP contribution in [0.3, 0.4) is 0 Å². The Morgan fingerprint density at radius 2 is 2.43 bits per heavy atom. The zero-order chi connectivity index (χ0) is 9.97. The number of aromatic nitrogens is 1. The van der Waals surface area contributed by atoms with Crippen molar-refractivity contribution in [3.8, 4) is 0 Å². The van der Waals surface area contributed by atoms with Gasteiger partial charge in [-0.3, -0.25) is 5.41 Å². The quantitative estimate of drug-likeness (QED) is 0.812. The van der Waals surface area contributed by atoms with E-state index in [0.717, 1.165) is 31.0 Å². The molecule has 0 aliphatic carbocycles. The van der Waals surface area contributed by atoms with Crippen LogP contribution in [0.2, 0.25) is 0 Å². The molecule has 0 amide bonds. The number of thiazole rings is 1. The van der Waals surface area contributed by atoms with Crippen molar-refractivity contribution in [1.29, 1.82) is 5.41 Å². The molecule has 1 fully saturated rings. The molecular formula is C10H15N3S. The topological polar surface area (TPSA) is 40.0 Å². The fourth-order valence-electron chi connectivity index (χ4n) is 1.71. The minimum absolute atomic E-state index is 0.795. The second kappa shape index (κ2) is 4.09. The van der Waals surface area contributed by atoms with E-state index in [4.69, 9.17) is 5.41 Å². The van der Waals surface area contributed by atoms with E-state index < -0.39 is 0 Å². The summed E-state index contributed by atoms with van der Waals surface area (Å²) < 4.78 is 0. The fourth-order valence-corrected chi connectivity index (χ4v) is 2.51. The van der Waals surface area contributed by atoms with Gasteiger partial charge in [0.1, 0.15) is 0 Å². The highest BCUT2D eigenvalue weighted by Gasteiger charge is 2.16. The van der Waals surface area contributed by atoms with E-state index in [-0.39, 0.29) is 0 Å². The van der Waals surface area contributed by atoms with Gasteiger partial charge >= 0.3 is 0 Å². The molecule has 0 unspecified atom stereocenters. The van der Waals surface area contributed by atoms with E-state index in [9.17, 15) is 0 Å². The third kappa shape index (κ3) is 1.95. The lowest BCUT2D eigenvalue weighted by Crippen LogP contribution is -2.34. The molecule has 0 bridgehead atoms. The van der Waals surface area contributed by atoms with Gasteiger partial charge in [0.05, 0.1) is 23.6 Å². The number of hydrogen-bond donors (Lipinski definition) is 1. The first-order valence-corrected chi connectivity index (χ1v) is 5.86. The second-order valence-electron chi connectivity index (χ2n) is 3.69. The van der Waals surface area contributed by atoms with Gasteiger partial charge in [-0.2, -0.15) is 0 Å². The highest BCUT2D eigenvalue weighted by molar-refractivity contribution is 7.09. The van der Waals surface area contributed by atoms with Gasteiger partial charge in [0.2, 0.25) is 0 Å². The average Bonchev–Trinajstić information content (AvgIpc) is 2.56. The summed E-state index contributed by atoms with van der Waals surface area (Å²) in [6, 6.07) is 0. The number of piperidine rings is 1. The third-order valence-electron chi connectivity index (χ3n) is 2.65. The highest BCUT2D eigenvalue weighted by Crippen LogP contribution is 2.19. The summed E-state index contributed by atoms with van der Waals surface area (Å²) >= 11 is 1.70. The largest absolute Gasteiger partial charge is 0.355 e. The normalized spacial score (nSPS) is 17.5. The van der Waals surface area contributed by atoms with Gasteiger partial charge in [-0.15, -0.1) is 11.3 Å². The summed E-state index contributed by atoms with van der Waals surface area (Å²) in [5, 5.41) is 7.83. The smallest absolute Gasteiger partial charge is 0.0960 e. The number of nitrogens with zero attached hydrogens (tertiary/aromatic N) is 2. The van der Waals surface area contributed by atoms with Gasteiger partial charge in [-0.05, 0) is 19.8 Å². The maximum absolute atomic E-state index is 7.83. The van der Waals surface area contributed by atoms with E-state index in [1.165, 1.54) is 17.7 Å². The predicted octanol–water partition coefficient (Wildman–Crippen LogP) is 2.41. The molecular weight excluding hydrogens is 194 g/mol. The standard InChI is InChI=1S/C10H15N3S/c1-8-9(14-7-12-8)6-13-5-3-2-4-10(13)11/h7,11H,2-6H2,1H3. The molecule has 4 heteroatoms. The molecule has 14 heavy (non-hydrogen) atoms. The first-order chi connectivity index (χ1) is 6.77. The minimum atomic E-state index is 0.795. The van der Waals surface area contributed by atoms with E-state index in [1.807, 2.05) is 12.4 Å². The number of hydrogen-bond acceptors (Lipinski definition) is 3. The number of rotatable bonds is 2. The van der Waals surface area contributed by atoms with Crippen LogP contribution < -0.4 is 0 Å². The molecule has 76 valence electrons. The van der Waals surface area contributed by atoms with E-state index in [0.29, 0.717) is 0 Å². The average molecular weight is 209 g/mol. The maximum Gasteiger partial charge on any atom is 0.0960 e. The molecule has 1 aliphatic heterocycles. The Morgan fingerprint density at radius 3 is 3.07 bits per heavy atom. The molecule has 1 aromatic rings. The van der Waals surface area contributed by atoms with Crippen LogP contribution in [0.15, 0.2) is 5.51 Å². The molecule has 0 saturated carbocycles. The lowest BCUT2D eigenvalue weighted by molar-refractivity contribution is 0.363. The Balaban J connectivity index is 2.03. The molecule has 2 rings (SSSR count). The molecule has 1 N–H and O–H groups in total. The third-order valence-corrected chi connectivity index (χ3v) is 3.57. The van der Waals surface area contributed by atoms with Crippen LogP contribution in [0.25, 0.3) is 0 Å². The molecule has 0 atom stereocenters. The first kappa shape index (κ1) is 9.65. The van der Waals surface area contributed by atoms with Crippen LogP contribution >= 0.6 is 11.3 Å². The first-order valence-electron chi connectivity index (χ1n) is 4.98. The Hall–Kier alpha value is -0.900. The van der Waals surface area contributed by atoms with Crippen LogP contribution in [0, 0.1) is 12.3 Å². The maximum atomic E-state index is 7.83. The summed E-state index contributed by atoms with van der Waals surface area (Å²) in [7, 11) is 0. The van der Waals surface area contributed by atoms with Crippen molar-refractivity contribution in [2.24, 2.45) is 0 Å². The molecule has 1 aliphatic rings. The summed E-state index contributed by atoms with van der Waals surface area (Å²) in [4.78, 5) is 7.70. The zero-order valence-corrected chi connectivity index (χ0v) is 9.23. The van der Waals surface area contributed by atoms with Crippen LogP contribution in [0.5, 0.6) is 0 Å². The summed E-state index contributed by atoms with van der Waals surface area (Å²) in [5.74, 6) is 0.795. The van der Waals surface area contributed by atoms with E-state index >= 15 is 0 Å². The van der Waals surface area contributed by atoms with E-state index in [2.05, 4.69) is 9.88 Å². The molecule has 2 heterocycles. The summed E-state index contributed by atoms with van der Waals surface area (Å²) in [5.41, 5.74) is 3.01. The van der Waals surface area contributed by atoms with Crippen molar-refractivity contribution in [2.75, 3.05) is 6.54 Å². The Bertz CT molecular complexity index is 332. The van der Waals surface area contributed by atoms with Crippen molar-refractivity contribution < 1.29 is 0 Å². The van der Waals surface area contributed by atoms with Gasteiger partial charge < -0.3 is 4.90 Å². The number of nitrogens with one attached hydrogen (secondary N) is 1. The monoisotopic (exact) mass is 209 g/mol. The van der Waals surface area contributed by atoms with Crippen LogP contribution in [-0.4, -0.2) is 22.3 Å². The van der Waals surface area contributed by atoms with Gasteiger partial charge in [0, 0.05) is 17.8 Å². The Labute approximate surface area is 88.3 Å². The van der Waals surface area contributed by atoms with Gasteiger partial charge in [-0.1, -0.05) is 0 Å². The van der Waals surface area contributed by atoms with Crippen molar-refractivity contribution in [3.05, 3.63) is 16.1 Å². The van der Waals surface area contributed by atoms with Crippen LogP contribution in [0.1, 0.15) is 29.8 Å². The van der Waals surface area contributed by atoms with Crippen LogP contribution in [-0.2, 0) is 6.54 Å². The molecule has 0 radical (unpaired) electrons. The van der Waals surface area contributed by atoms with Gasteiger partial charge in [0.15, 0.2) is 0 Å². The van der Waals surface area contributed by atoms with E-state index in [1.54, 1.807) is 11.3 Å². The minimum Gasteiger partial charge on any atom is -0.355 e. The number of likely N-dealkylation sites (tertiary alicyclic amines) is 1. The SMILES string of the molecule is Cc1ncsc1CN1CCCCC1=N. The second-order valence-corrected chi connectivity index (χ2v) is 4.63. The predicted molar refractivity (Wildman–Crippen MR) is 58.8 cm³/mol. The van der Waals surface area contributed by atoms with Crippen molar-refractivity contribution in [2.45, 2.75) is 32.7 Å².